The molecule has 1 N–H and O–H groups in total. The van der Waals surface area contributed by atoms with Gasteiger partial charge >= 0.3 is 5.97 Å². The Morgan fingerprint density at radius 1 is 1.33 bits per heavy atom. The summed E-state index contributed by atoms with van der Waals surface area (Å²) in [5.41, 5.74) is 1.69. The van der Waals surface area contributed by atoms with Gasteiger partial charge in [-0.05, 0) is 63.6 Å². The lowest BCUT2D eigenvalue weighted by atomic mass is 9.88. The average Bonchev–Trinajstić information content (AvgIpc) is 3.14. The van der Waals surface area contributed by atoms with E-state index in [1.54, 1.807) is 11.3 Å². The highest BCUT2D eigenvalue weighted by Gasteiger charge is 2.29. The van der Waals surface area contributed by atoms with Gasteiger partial charge in [0.2, 0.25) is 5.91 Å². The molecular formula is C18H26N2O3S. The summed E-state index contributed by atoms with van der Waals surface area (Å²) in [6, 6.07) is 0. The first-order valence-corrected chi connectivity index (χ1v) is 9.74. The molecule has 1 saturated heterocycles. The number of ether oxygens (including phenoxy) is 1. The van der Waals surface area contributed by atoms with Crippen LogP contribution < -0.4 is 5.32 Å². The van der Waals surface area contributed by atoms with Gasteiger partial charge in [-0.3, -0.25) is 9.69 Å². The van der Waals surface area contributed by atoms with Gasteiger partial charge in [-0.25, -0.2) is 4.79 Å². The lowest BCUT2D eigenvalue weighted by Crippen LogP contribution is -2.31. The molecule has 0 saturated carbocycles. The third-order valence-electron chi connectivity index (χ3n) is 4.81. The van der Waals surface area contributed by atoms with Gasteiger partial charge in [0.05, 0.1) is 18.7 Å². The van der Waals surface area contributed by atoms with Crippen LogP contribution in [-0.4, -0.2) is 43.0 Å². The van der Waals surface area contributed by atoms with E-state index in [0.717, 1.165) is 50.8 Å². The normalized spacial score (nSPS) is 20.7. The minimum Gasteiger partial charge on any atom is -0.462 e. The Kier molecular flexibility index (Phi) is 5.56. The molecule has 24 heavy (non-hydrogen) atoms. The summed E-state index contributed by atoms with van der Waals surface area (Å²) in [4.78, 5) is 28.2. The number of esters is 1. The topological polar surface area (TPSA) is 58.6 Å². The zero-order chi connectivity index (χ0) is 17.1. The Labute approximate surface area is 147 Å². The van der Waals surface area contributed by atoms with Crippen LogP contribution in [0.1, 0.15) is 53.9 Å². The van der Waals surface area contributed by atoms with Gasteiger partial charge in [-0.2, -0.15) is 0 Å². The second kappa shape index (κ2) is 7.66. The number of carbonyl (C=O) groups is 2. The van der Waals surface area contributed by atoms with Crippen molar-refractivity contribution in [3.63, 3.8) is 0 Å². The van der Waals surface area contributed by atoms with Crippen molar-refractivity contribution < 1.29 is 14.3 Å². The van der Waals surface area contributed by atoms with Gasteiger partial charge in [0.25, 0.3) is 0 Å². The van der Waals surface area contributed by atoms with Crippen LogP contribution in [0.15, 0.2) is 0 Å². The first kappa shape index (κ1) is 17.4. The number of rotatable bonds is 5. The molecule has 132 valence electrons. The Balaban J connectivity index is 1.80. The average molecular weight is 350 g/mol. The summed E-state index contributed by atoms with van der Waals surface area (Å²) >= 11 is 1.55. The quantitative estimate of drug-likeness (QED) is 0.829. The number of fused-ring (bicyclic) bond motifs is 1. The minimum absolute atomic E-state index is 0.0332. The number of hydrogen-bond acceptors (Lipinski definition) is 5. The molecule has 0 radical (unpaired) electrons. The number of anilines is 1. The first-order valence-electron chi connectivity index (χ1n) is 8.92. The number of carbonyl (C=O) groups excluding carboxylic acids is 2. The van der Waals surface area contributed by atoms with Crippen LogP contribution in [0, 0.1) is 5.92 Å². The molecule has 0 bridgehead atoms. The molecule has 1 unspecified atom stereocenters. The standard InChI is InChI=1S/C18H26N2O3S/c1-3-23-18(22)16-13-7-6-12(2)10-14(13)24-17(16)19-15(21)11-20-8-4-5-9-20/h12H,3-11H2,1-2H3,(H,19,21). The van der Waals surface area contributed by atoms with Gasteiger partial charge in [-0.1, -0.05) is 6.92 Å². The zero-order valence-electron chi connectivity index (χ0n) is 14.5. The number of amides is 1. The smallest absolute Gasteiger partial charge is 0.341 e. The second-order valence-corrected chi connectivity index (χ2v) is 7.91. The summed E-state index contributed by atoms with van der Waals surface area (Å²) < 4.78 is 5.24. The lowest BCUT2D eigenvalue weighted by molar-refractivity contribution is -0.117. The van der Waals surface area contributed by atoms with Crippen molar-refractivity contribution in [1.82, 2.24) is 4.90 Å². The van der Waals surface area contributed by atoms with Crippen LogP contribution in [-0.2, 0) is 22.4 Å². The van der Waals surface area contributed by atoms with Crippen LogP contribution in [0.4, 0.5) is 5.00 Å². The van der Waals surface area contributed by atoms with Crippen LogP contribution in [0.3, 0.4) is 0 Å². The minimum atomic E-state index is -0.305. The van der Waals surface area contributed by atoms with Gasteiger partial charge in [0.1, 0.15) is 5.00 Å². The summed E-state index contributed by atoms with van der Waals surface area (Å²) in [6.45, 7) is 6.76. The van der Waals surface area contributed by atoms with Crippen molar-refractivity contribution in [3.05, 3.63) is 16.0 Å². The van der Waals surface area contributed by atoms with Gasteiger partial charge in [0.15, 0.2) is 0 Å². The van der Waals surface area contributed by atoms with Crippen LogP contribution >= 0.6 is 11.3 Å². The number of hydrogen-bond donors (Lipinski definition) is 1. The Morgan fingerprint density at radius 2 is 2.08 bits per heavy atom. The molecule has 3 rings (SSSR count). The Morgan fingerprint density at radius 3 is 2.79 bits per heavy atom. The SMILES string of the molecule is CCOC(=O)c1c(NC(=O)CN2CCCC2)sc2c1CCC(C)C2. The number of nitrogens with zero attached hydrogens (tertiary/aromatic N) is 1. The van der Waals surface area contributed by atoms with E-state index < -0.39 is 0 Å². The molecule has 2 heterocycles. The second-order valence-electron chi connectivity index (χ2n) is 6.81. The summed E-state index contributed by atoms with van der Waals surface area (Å²) in [5.74, 6) is 0.287. The molecule has 1 aromatic rings. The van der Waals surface area contributed by atoms with E-state index in [0.29, 0.717) is 29.6 Å². The maximum absolute atomic E-state index is 12.4. The van der Waals surface area contributed by atoms with Crippen molar-refractivity contribution in [2.24, 2.45) is 5.92 Å². The van der Waals surface area contributed by atoms with Crippen LogP contribution in [0.5, 0.6) is 0 Å². The molecule has 1 atom stereocenters. The molecule has 2 aliphatic rings. The molecule has 1 aromatic heterocycles. The van der Waals surface area contributed by atoms with Crippen molar-refractivity contribution >= 4 is 28.2 Å². The van der Waals surface area contributed by atoms with Crippen LogP contribution in [0.2, 0.25) is 0 Å². The highest BCUT2D eigenvalue weighted by atomic mass is 32.1. The number of thiophene rings is 1. The third-order valence-corrected chi connectivity index (χ3v) is 5.98. The van der Waals surface area contributed by atoms with Crippen molar-refractivity contribution in [2.75, 3.05) is 31.6 Å². The molecule has 1 fully saturated rings. The van der Waals surface area contributed by atoms with E-state index in [4.69, 9.17) is 4.74 Å². The third kappa shape index (κ3) is 3.81. The van der Waals surface area contributed by atoms with E-state index in [-0.39, 0.29) is 11.9 Å². The van der Waals surface area contributed by atoms with E-state index >= 15 is 0 Å². The molecule has 5 nitrogen and oxygen atoms in total. The summed E-state index contributed by atoms with van der Waals surface area (Å²) in [5, 5.41) is 3.66. The Bertz CT molecular complexity index is 620. The summed E-state index contributed by atoms with van der Waals surface area (Å²) in [6.07, 6.45) is 5.27. The molecular weight excluding hydrogens is 324 g/mol. The van der Waals surface area contributed by atoms with E-state index in [2.05, 4.69) is 17.1 Å². The van der Waals surface area contributed by atoms with E-state index in [1.807, 2.05) is 6.92 Å². The molecule has 0 aromatic carbocycles. The fourth-order valence-electron chi connectivity index (χ4n) is 3.57. The van der Waals surface area contributed by atoms with E-state index in [9.17, 15) is 9.59 Å². The molecule has 1 aliphatic heterocycles. The highest BCUT2D eigenvalue weighted by Crippen LogP contribution is 2.40. The van der Waals surface area contributed by atoms with Crippen molar-refractivity contribution in [2.45, 2.75) is 46.0 Å². The fourth-order valence-corrected chi connectivity index (χ4v) is 4.98. The maximum Gasteiger partial charge on any atom is 0.341 e. The predicted octanol–water partition coefficient (Wildman–Crippen LogP) is 3.08. The van der Waals surface area contributed by atoms with Crippen molar-refractivity contribution in [3.8, 4) is 0 Å². The lowest BCUT2D eigenvalue weighted by Gasteiger charge is -2.18. The van der Waals surface area contributed by atoms with Crippen LogP contribution in [0.25, 0.3) is 0 Å². The molecule has 1 amide bonds. The largest absolute Gasteiger partial charge is 0.462 e. The maximum atomic E-state index is 12.4. The monoisotopic (exact) mass is 350 g/mol. The Hall–Kier alpha value is -1.40. The number of nitrogens with one attached hydrogen (secondary N) is 1. The molecule has 1 aliphatic carbocycles. The first-order chi connectivity index (χ1) is 11.6. The fraction of sp³-hybridized carbons (Fsp3) is 0.667. The van der Waals surface area contributed by atoms with Gasteiger partial charge in [-0.15, -0.1) is 11.3 Å². The van der Waals surface area contributed by atoms with Gasteiger partial charge < -0.3 is 10.1 Å². The van der Waals surface area contributed by atoms with E-state index in [1.165, 1.54) is 4.88 Å². The van der Waals surface area contributed by atoms with Crippen molar-refractivity contribution in [1.29, 1.82) is 0 Å². The summed E-state index contributed by atoms with van der Waals surface area (Å²) in [7, 11) is 0. The zero-order valence-corrected chi connectivity index (χ0v) is 15.3. The highest BCUT2D eigenvalue weighted by molar-refractivity contribution is 7.17. The number of likely N-dealkylation sites (tertiary alicyclic amines) is 1. The molecule has 0 spiro atoms. The van der Waals surface area contributed by atoms with Gasteiger partial charge in [0, 0.05) is 4.88 Å². The predicted molar refractivity (Wildman–Crippen MR) is 95.8 cm³/mol. The molecule has 6 heteroatoms.